The lowest BCUT2D eigenvalue weighted by Gasteiger charge is -2.35. The number of likely N-dealkylation sites (N-methyl/N-ethyl adjacent to an activating group) is 1. The molecule has 0 aliphatic carbocycles. The van der Waals surface area contributed by atoms with E-state index in [0.717, 1.165) is 68.9 Å². The normalized spacial score (nSPS) is 18.6. The Morgan fingerprint density at radius 3 is 2.71 bits per heavy atom. The molecule has 0 spiro atoms. The van der Waals surface area contributed by atoms with E-state index in [9.17, 15) is 0 Å². The molecule has 24 heavy (non-hydrogen) atoms. The molecule has 1 aromatic rings. The molecule has 6 nitrogen and oxygen atoms in total. The standard InChI is InChI=1S/C17H32N6S/c1-5-18-17(19-7-6-16-13-24-15(3)21-16)20-12-14(2)23-10-8-22(4)9-11-23/h13-14H,5-12H2,1-4H3,(H2,18,19,20). The zero-order valence-electron chi connectivity index (χ0n) is 15.5. The lowest BCUT2D eigenvalue weighted by molar-refractivity contribution is 0.122. The van der Waals surface area contributed by atoms with Crippen molar-refractivity contribution in [3.63, 3.8) is 0 Å². The van der Waals surface area contributed by atoms with Gasteiger partial charge >= 0.3 is 0 Å². The van der Waals surface area contributed by atoms with E-state index in [2.05, 4.69) is 51.7 Å². The molecule has 1 aromatic heterocycles. The van der Waals surface area contributed by atoms with Gasteiger partial charge in [-0.3, -0.25) is 9.89 Å². The topological polar surface area (TPSA) is 55.8 Å². The molecule has 2 heterocycles. The third-order valence-corrected chi connectivity index (χ3v) is 5.18. The van der Waals surface area contributed by atoms with Gasteiger partial charge in [-0.15, -0.1) is 11.3 Å². The van der Waals surface area contributed by atoms with Crippen molar-refractivity contribution in [3.8, 4) is 0 Å². The molecule has 0 saturated carbocycles. The van der Waals surface area contributed by atoms with Crippen LogP contribution in [0.3, 0.4) is 0 Å². The van der Waals surface area contributed by atoms with Crippen molar-refractivity contribution in [1.82, 2.24) is 25.4 Å². The molecular weight excluding hydrogens is 320 g/mol. The second-order valence-corrected chi connectivity index (χ2v) is 7.50. The van der Waals surface area contributed by atoms with Crippen LogP contribution in [0.15, 0.2) is 10.4 Å². The minimum Gasteiger partial charge on any atom is -0.357 e. The van der Waals surface area contributed by atoms with Crippen molar-refractivity contribution in [2.24, 2.45) is 4.99 Å². The van der Waals surface area contributed by atoms with E-state index in [-0.39, 0.29) is 0 Å². The van der Waals surface area contributed by atoms with Gasteiger partial charge in [0, 0.05) is 57.1 Å². The first-order valence-corrected chi connectivity index (χ1v) is 9.82. The van der Waals surface area contributed by atoms with Gasteiger partial charge in [-0.05, 0) is 27.8 Å². The summed E-state index contributed by atoms with van der Waals surface area (Å²) in [6.07, 6.45) is 0.933. The molecule has 2 rings (SSSR count). The van der Waals surface area contributed by atoms with Gasteiger partial charge in [0.1, 0.15) is 0 Å². The highest BCUT2D eigenvalue weighted by Crippen LogP contribution is 2.08. The third-order valence-electron chi connectivity index (χ3n) is 4.36. The smallest absolute Gasteiger partial charge is 0.191 e. The molecule has 2 N–H and O–H groups in total. The van der Waals surface area contributed by atoms with Crippen LogP contribution in [0.2, 0.25) is 0 Å². The van der Waals surface area contributed by atoms with Crippen LogP contribution in [0.5, 0.6) is 0 Å². The predicted octanol–water partition coefficient (Wildman–Crippen LogP) is 1.19. The molecule has 7 heteroatoms. The van der Waals surface area contributed by atoms with Crippen LogP contribution in [0.1, 0.15) is 24.5 Å². The lowest BCUT2D eigenvalue weighted by Crippen LogP contribution is -2.49. The number of thiazole rings is 1. The van der Waals surface area contributed by atoms with Crippen LogP contribution >= 0.6 is 11.3 Å². The molecule has 1 aliphatic heterocycles. The SMILES string of the molecule is CCNC(=NCC(C)N1CCN(C)CC1)NCCc1csc(C)n1. The number of hydrogen-bond acceptors (Lipinski definition) is 5. The average Bonchev–Trinajstić information content (AvgIpc) is 2.98. The number of piperazine rings is 1. The Bertz CT molecular complexity index is 507. The number of guanidine groups is 1. The average molecular weight is 353 g/mol. The molecule has 1 atom stereocenters. The quantitative estimate of drug-likeness (QED) is 0.570. The monoisotopic (exact) mass is 352 g/mol. The summed E-state index contributed by atoms with van der Waals surface area (Å²) < 4.78 is 0. The van der Waals surface area contributed by atoms with Crippen LogP contribution < -0.4 is 10.6 Å². The molecule has 1 fully saturated rings. The van der Waals surface area contributed by atoms with Crippen LogP contribution in [0.4, 0.5) is 0 Å². The molecule has 1 aliphatic rings. The van der Waals surface area contributed by atoms with Crippen molar-refractivity contribution < 1.29 is 0 Å². The Balaban J connectivity index is 1.76. The summed E-state index contributed by atoms with van der Waals surface area (Å²) in [6, 6.07) is 0.482. The maximum Gasteiger partial charge on any atom is 0.191 e. The van der Waals surface area contributed by atoms with Crippen LogP contribution in [-0.4, -0.2) is 79.6 Å². The van der Waals surface area contributed by atoms with Gasteiger partial charge in [0.2, 0.25) is 0 Å². The molecule has 1 saturated heterocycles. The number of aryl methyl sites for hydroxylation is 1. The maximum atomic E-state index is 4.77. The highest BCUT2D eigenvalue weighted by Gasteiger charge is 2.18. The number of rotatable bonds is 7. The van der Waals surface area contributed by atoms with Gasteiger partial charge in [-0.1, -0.05) is 0 Å². The van der Waals surface area contributed by atoms with Gasteiger partial charge in [-0.2, -0.15) is 0 Å². The van der Waals surface area contributed by atoms with E-state index in [0.29, 0.717) is 6.04 Å². The van der Waals surface area contributed by atoms with Crippen LogP contribution in [0, 0.1) is 6.92 Å². The van der Waals surface area contributed by atoms with Crippen molar-refractivity contribution in [1.29, 1.82) is 0 Å². The fourth-order valence-corrected chi connectivity index (χ4v) is 3.42. The predicted molar refractivity (Wildman–Crippen MR) is 103 cm³/mol. The van der Waals surface area contributed by atoms with Crippen molar-refractivity contribution in [3.05, 3.63) is 16.1 Å². The second-order valence-electron chi connectivity index (χ2n) is 6.44. The fraction of sp³-hybridized carbons (Fsp3) is 0.765. The highest BCUT2D eigenvalue weighted by molar-refractivity contribution is 7.09. The Morgan fingerprint density at radius 2 is 2.08 bits per heavy atom. The van der Waals surface area contributed by atoms with E-state index in [1.807, 2.05) is 6.92 Å². The Morgan fingerprint density at radius 1 is 1.33 bits per heavy atom. The fourth-order valence-electron chi connectivity index (χ4n) is 2.78. The minimum absolute atomic E-state index is 0.482. The van der Waals surface area contributed by atoms with E-state index in [1.165, 1.54) is 0 Å². The van der Waals surface area contributed by atoms with E-state index in [4.69, 9.17) is 4.99 Å². The van der Waals surface area contributed by atoms with Gasteiger partial charge in [0.15, 0.2) is 5.96 Å². The molecule has 0 aromatic carbocycles. The molecule has 0 bridgehead atoms. The minimum atomic E-state index is 0.482. The summed E-state index contributed by atoms with van der Waals surface area (Å²) in [6.45, 7) is 13.6. The van der Waals surface area contributed by atoms with E-state index >= 15 is 0 Å². The third kappa shape index (κ3) is 6.37. The molecule has 0 amide bonds. The van der Waals surface area contributed by atoms with Gasteiger partial charge in [-0.25, -0.2) is 4.98 Å². The van der Waals surface area contributed by atoms with E-state index in [1.54, 1.807) is 11.3 Å². The number of aromatic nitrogens is 1. The van der Waals surface area contributed by atoms with Crippen LogP contribution in [0.25, 0.3) is 0 Å². The zero-order valence-corrected chi connectivity index (χ0v) is 16.3. The number of nitrogens with one attached hydrogen (secondary N) is 2. The highest BCUT2D eigenvalue weighted by atomic mass is 32.1. The van der Waals surface area contributed by atoms with Gasteiger partial charge in [0.05, 0.1) is 17.2 Å². The van der Waals surface area contributed by atoms with Crippen LogP contribution in [-0.2, 0) is 6.42 Å². The van der Waals surface area contributed by atoms with E-state index < -0.39 is 0 Å². The lowest BCUT2D eigenvalue weighted by atomic mass is 10.2. The first-order chi connectivity index (χ1) is 11.6. The summed E-state index contributed by atoms with van der Waals surface area (Å²) in [5, 5.41) is 10.0. The van der Waals surface area contributed by atoms with Crippen molar-refractivity contribution >= 4 is 17.3 Å². The summed E-state index contributed by atoms with van der Waals surface area (Å²) in [5.74, 6) is 0.908. The Kier molecular flexibility index (Phi) is 7.94. The molecule has 0 radical (unpaired) electrons. The first kappa shape index (κ1) is 19.1. The molecular formula is C17H32N6S. The van der Waals surface area contributed by atoms with Crippen molar-refractivity contribution in [2.45, 2.75) is 33.2 Å². The summed E-state index contributed by atoms with van der Waals surface area (Å²) in [4.78, 5) is 14.2. The van der Waals surface area contributed by atoms with Gasteiger partial charge < -0.3 is 15.5 Å². The summed E-state index contributed by atoms with van der Waals surface area (Å²) >= 11 is 1.71. The number of nitrogens with zero attached hydrogens (tertiary/aromatic N) is 4. The van der Waals surface area contributed by atoms with Gasteiger partial charge in [0.25, 0.3) is 0 Å². The second kappa shape index (κ2) is 9.96. The largest absolute Gasteiger partial charge is 0.357 e. The van der Waals surface area contributed by atoms with Crippen molar-refractivity contribution in [2.75, 3.05) is 52.9 Å². The Labute approximate surface area is 150 Å². The number of aliphatic imine (C=N–C) groups is 1. The maximum absolute atomic E-state index is 4.77. The number of hydrogen-bond donors (Lipinski definition) is 2. The molecule has 136 valence electrons. The molecule has 1 unspecified atom stereocenters. The zero-order chi connectivity index (χ0) is 17.4. The Hall–Kier alpha value is -1.18. The first-order valence-electron chi connectivity index (χ1n) is 8.94. The summed E-state index contributed by atoms with van der Waals surface area (Å²) in [5.41, 5.74) is 1.16. The summed E-state index contributed by atoms with van der Waals surface area (Å²) in [7, 11) is 2.19.